The van der Waals surface area contributed by atoms with Crippen LogP contribution < -0.4 is 5.73 Å². The molecule has 5 heteroatoms. The highest BCUT2D eigenvalue weighted by Crippen LogP contribution is 2.34. The van der Waals surface area contributed by atoms with Crippen LogP contribution in [0.2, 0.25) is 0 Å². The molecule has 0 bridgehead atoms. The van der Waals surface area contributed by atoms with Crippen molar-refractivity contribution in [2.24, 2.45) is 11.7 Å². The number of halogens is 3. The molecule has 0 saturated carbocycles. The largest absolute Gasteiger partial charge is 0.378 e. The van der Waals surface area contributed by atoms with Gasteiger partial charge in [-0.05, 0) is 18.9 Å². The summed E-state index contributed by atoms with van der Waals surface area (Å²) in [6.45, 7) is 2.53. The summed E-state index contributed by atoms with van der Waals surface area (Å²) in [6, 6.07) is 0.717. The van der Waals surface area contributed by atoms with Crippen molar-refractivity contribution in [1.29, 1.82) is 0 Å². The smallest absolute Gasteiger partial charge is 0.161 e. The normalized spacial score (nSPS) is 25.4. The second-order valence-electron chi connectivity index (χ2n) is 4.58. The third-order valence-electron chi connectivity index (χ3n) is 3.52. The Morgan fingerprint density at radius 3 is 2.61 bits per heavy atom. The van der Waals surface area contributed by atoms with E-state index in [1.165, 1.54) is 0 Å². The minimum absolute atomic E-state index is 0.0165. The standard InChI is InChI=1S/C13H16F3NO/c1-2-12-7(3-4-18-12)13(17)8-5-10(15)11(16)6-9(8)14/h5-7,12-13H,2-4,17H2,1H3. The summed E-state index contributed by atoms with van der Waals surface area (Å²) >= 11 is 0. The average Bonchev–Trinajstić information content (AvgIpc) is 2.81. The van der Waals surface area contributed by atoms with Crippen LogP contribution in [0.3, 0.4) is 0 Å². The minimum atomic E-state index is -1.20. The van der Waals surface area contributed by atoms with Gasteiger partial charge in [0.2, 0.25) is 0 Å². The molecule has 0 radical (unpaired) electrons. The van der Waals surface area contributed by atoms with Gasteiger partial charge >= 0.3 is 0 Å². The van der Waals surface area contributed by atoms with Gasteiger partial charge in [0.1, 0.15) is 5.82 Å². The first-order valence-electron chi connectivity index (χ1n) is 6.06. The number of benzene rings is 1. The Bertz CT molecular complexity index is 438. The molecule has 100 valence electrons. The Balaban J connectivity index is 2.28. The van der Waals surface area contributed by atoms with E-state index in [9.17, 15) is 13.2 Å². The zero-order valence-corrected chi connectivity index (χ0v) is 10.1. The molecule has 3 unspecified atom stereocenters. The van der Waals surface area contributed by atoms with E-state index < -0.39 is 23.5 Å². The van der Waals surface area contributed by atoms with E-state index in [0.29, 0.717) is 19.1 Å². The molecule has 2 N–H and O–H groups in total. The molecule has 1 saturated heterocycles. The zero-order chi connectivity index (χ0) is 13.3. The summed E-state index contributed by atoms with van der Waals surface area (Å²) in [6.07, 6.45) is 1.43. The summed E-state index contributed by atoms with van der Waals surface area (Å²) in [7, 11) is 0. The van der Waals surface area contributed by atoms with Gasteiger partial charge in [-0.25, -0.2) is 13.2 Å². The molecule has 1 aliphatic rings. The lowest BCUT2D eigenvalue weighted by Gasteiger charge is -2.24. The summed E-state index contributed by atoms with van der Waals surface area (Å²) in [4.78, 5) is 0. The minimum Gasteiger partial charge on any atom is -0.378 e. The van der Waals surface area contributed by atoms with Crippen LogP contribution in [-0.4, -0.2) is 12.7 Å². The van der Waals surface area contributed by atoms with E-state index in [-0.39, 0.29) is 17.6 Å². The molecular formula is C13H16F3NO. The van der Waals surface area contributed by atoms with Gasteiger partial charge in [-0.15, -0.1) is 0 Å². The van der Waals surface area contributed by atoms with E-state index >= 15 is 0 Å². The predicted octanol–water partition coefficient (Wildman–Crippen LogP) is 2.92. The van der Waals surface area contributed by atoms with Crippen LogP contribution in [0.1, 0.15) is 31.4 Å². The van der Waals surface area contributed by atoms with Gasteiger partial charge in [0.15, 0.2) is 11.6 Å². The van der Waals surface area contributed by atoms with Gasteiger partial charge in [0.25, 0.3) is 0 Å². The SMILES string of the molecule is CCC1OCCC1C(N)c1cc(F)c(F)cc1F. The molecule has 1 aromatic rings. The Morgan fingerprint density at radius 2 is 1.94 bits per heavy atom. The molecule has 3 atom stereocenters. The highest BCUT2D eigenvalue weighted by atomic mass is 19.2. The second-order valence-corrected chi connectivity index (χ2v) is 4.58. The molecule has 0 aromatic heterocycles. The van der Waals surface area contributed by atoms with Crippen molar-refractivity contribution in [3.8, 4) is 0 Å². The summed E-state index contributed by atoms with van der Waals surface area (Å²) < 4.78 is 45.1. The van der Waals surface area contributed by atoms with E-state index in [1.54, 1.807) is 0 Å². The van der Waals surface area contributed by atoms with Crippen molar-refractivity contribution in [3.63, 3.8) is 0 Å². The molecule has 1 heterocycles. The van der Waals surface area contributed by atoms with Crippen molar-refractivity contribution >= 4 is 0 Å². The van der Waals surface area contributed by atoms with Crippen LogP contribution in [0.15, 0.2) is 12.1 Å². The van der Waals surface area contributed by atoms with Gasteiger partial charge in [0, 0.05) is 30.2 Å². The lowest BCUT2D eigenvalue weighted by molar-refractivity contribution is 0.0810. The van der Waals surface area contributed by atoms with Gasteiger partial charge < -0.3 is 10.5 Å². The fourth-order valence-corrected chi connectivity index (χ4v) is 2.52. The molecule has 1 aromatic carbocycles. The number of hydrogen-bond donors (Lipinski definition) is 1. The first kappa shape index (κ1) is 13.4. The molecule has 0 spiro atoms. The van der Waals surface area contributed by atoms with Crippen LogP contribution in [-0.2, 0) is 4.74 Å². The third-order valence-corrected chi connectivity index (χ3v) is 3.52. The highest BCUT2D eigenvalue weighted by molar-refractivity contribution is 5.24. The Labute approximate surface area is 104 Å². The van der Waals surface area contributed by atoms with E-state index in [4.69, 9.17) is 10.5 Å². The predicted molar refractivity (Wildman–Crippen MR) is 61.4 cm³/mol. The number of nitrogens with two attached hydrogens (primary N) is 1. The second kappa shape index (κ2) is 5.28. The van der Waals surface area contributed by atoms with Crippen LogP contribution >= 0.6 is 0 Å². The van der Waals surface area contributed by atoms with Crippen molar-refractivity contribution in [2.75, 3.05) is 6.61 Å². The van der Waals surface area contributed by atoms with Crippen LogP contribution in [0.4, 0.5) is 13.2 Å². The van der Waals surface area contributed by atoms with Gasteiger partial charge in [-0.3, -0.25) is 0 Å². The lowest BCUT2D eigenvalue weighted by Crippen LogP contribution is -2.29. The van der Waals surface area contributed by atoms with Crippen LogP contribution in [0, 0.1) is 23.4 Å². The number of rotatable bonds is 3. The molecule has 0 amide bonds. The van der Waals surface area contributed by atoms with E-state index in [2.05, 4.69) is 0 Å². The number of ether oxygens (including phenoxy) is 1. The van der Waals surface area contributed by atoms with Gasteiger partial charge in [0.05, 0.1) is 6.10 Å². The first-order chi connectivity index (χ1) is 8.54. The van der Waals surface area contributed by atoms with Gasteiger partial charge in [-0.1, -0.05) is 6.92 Å². The molecule has 18 heavy (non-hydrogen) atoms. The average molecular weight is 259 g/mol. The van der Waals surface area contributed by atoms with Crippen molar-refractivity contribution in [3.05, 3.63) is 35.1 Å². The molecule has 2 nitrogen and oxygen atoms in total. The maximum absolute atomic E-state index is 13.6. The Kier molecular flexibility index (Phi) is 3.92. The topological polar surface area (TPSA) is 35.2 Å². The summed E-state index contributed by atoms with van der Waals surface area (Å²) in [5, 5.41) is 0. The zero-order valence-electron chi connectivity index (χ0n) is 10.1. The van der Waals surface area contributed by atoms with E-state index in [0.717, 1.165) is 12.5 Å². The summed E-state index contributed by atoms with van der Waals surface area (Å²) in [5.74, 6) is -3.13. The fourth-order valence-electron chi connectivity index (χ4n) is 2.52. The quantitative estimate of drug-likeness (QED) is 0.847. The molecule has 1 aliphatic heterocycles. The monoisotopic (exact) mass is 259 g/mol. The van der Waals surface area contributed by atoms with Crippen molar-refractivity contribution in [1.82, 2.24) is 0 Å². The molecule has 1 fully saturated rings. The maximum atomic E-state index is 13.6. The highest BCUT2D eigenvalue weighted by Gasteiger charge is 2.34. The molecule has 0 aliphatic carbocycles. The third kappa shape index (κ3) is 2.37. The van der Waals surface area contributed by atoms with Crippen molar-refractivity contribution < 1.29 is 17.9 Å². The first-order valence-corrected chi connectivity index (χ1v) is 6.06. The van der Waals surface area contributed by atoms with E-state index in [1.807, 2.05) is 6.92 Å². The fraction of sp³-hybridized carbons (Fsp3) is 0.538. The Morgan fingerprint density at radius 1 is 1.28 bits per heavy atom. The number of hydrogen-bond acceptors (Lipinski definition) is 2. The van der Waals surface area contributed by atoms with Crippen molar-refractivity contribution in [2.45, 2.75) is 31.9 Å². The maximum Gasteiger partial charge on any atom is 0.161 e. The molecule has 2 rings (SSSR count). The summed E-state index contributed by atoms with van der Waals surface area (Å²) in [5.41, 5.74) is 5.99. The lowest BCUT2D eigenvalue weighted by atomic mass is 9.87. The van der Waals surface area contributed by atoms with Gasteiger partial charge in [-0.2, -0.15) is 0 Å². The Hall–Kier alpha value is -1.07. The van der Waals surface area contributed by atoms with Crippen LogP contribution in [0.25, 0.3) is 0 Å². The molecular weight excluding hydrogens is 243 g/mol. The van der Waals surface area contributed by atoms with Crippen LogP contribution in [0.5, 0.6) is 0 Å².